The van der Waals surface area contributed by atoms with E-state index in [4.69, 9.17) is 23.2 Å². The highest BCUT2D eigenvalue weighted by molar-refractivity contribution is 9.09. The molecule has 3 nitrogen and oxygen atoms in total. The molecule has 19 heavy (non-hydrogen) atoms. The fraction of sp³-hybridized carbons (Fsp3) is 0.636. The molecule has 0 aliphatic rings. The lowest BCUT2D eigenvalue weighted by atomic mass is 9.91. The number of nitrogens with one attached hydrogen (secondary N) is 1. The Labute approximate surface area is 136 Å². The average Bonchev–Trinajstić information content (AvgIpc) is 2.53. The summed E-state index contributed by atoms with van der Waals surface area (Å²) in [7, 11) is -3.61. The quantitative estimate of drug-likeness (QED) is 0.727. The lowest BCUT2D eigenvalue weighted by Crippen LogP contribution is -2.31. The summed E-state index contributed by atoms with van der Waals surface area (Å²) in [4.78, 5) is 0.106. The first-order chi connectivity index (χ1) is 8.51. The molecule has 0 aliphatic heterocycles. The van der Waals surface area contributed by atoms with Gasteiger partial charge in [0, 0.05) is 11.4 Å². The Morgan fingerprint density at radius 2 is 2.00 bits per heavy atom. The minimum Gasteiger partial charge on any atom is -0.210 e. The van der Waals surface area contributed by atoms with Crippen LogP contribution in [0.3, 0.4) is 0 Å². The third kappa shape index (κ3) is 5.89. The van der Waals surface area contributed by atoms with Gasteiger partial charge in [-0.05, 0) is 17.9 Å². The molecule has 1 aromatic rings. The number of rotatable bonds is 5. The molecule has 1 N–H and O–H groups in total. The van der Waals surface area contributed by atoms with Crippen molar-refractivity contribution in [3.63, 3.8) is 0 Å². The zero-order chi connectivity index (χ0) is 14.8. The van der Waals surface area contributed by atoms with Crippen molar-refractivity contribution in [3.8, 4) is 0 Å². The van der Waals surface area contributed by atoms with Gasteiger partial charge in [0.2, 0.25) is 10.0 Å². The average molecular weight is 409 g/mol. The maximum atomic E-state index is 12.1. The smallest absolute Gasteiger partial charge is 0.210 e. The summed E-state index contributed by atoms with van der Waals surface area (Å²) in [5.74, 6) is 0. The Morgan fingerprint density at radius 1 is 1.42 bits per heavy atom. The van der Waals surface area contributed by atoms with Crippen LogP contribution in [0.1, 0.15) is 27.2 Å². The summed E-state index contributed by atoms with van der Waals surface area (Å²) in [6.07, 6.45) is 0.855. The molecule has 0 amide bonds. The van der Waals surface area contributed by atoms with Crippen LogP contribution < -0.4 is 4.72 Å². The summed E-state index contributed by atoms with van der Waals surface area (Å²) in [5, 5.41) is 0. The van der Waals surface area contributed by atoms with Gasteiger partial charge in [0.15, 0.2) is 0 Å². The minimum atomic E-state index is -3.61. The van der Waals surface area contributed by atoms with Gasteiger partial charge in [-0.15, -0.1) is 11.3 Å². The first-order valence-electron chi connectivity index (χ1n) is 5.60. The van der Waals surface area contributed by atoms with Gasteiger partial charge in [0.1, 0.15) is 9.23 Å². The van der Waals surface area contributed by atoms with E-state index in [0.29, 0.717) is 10.9 Å². The second kappa shape index (κ2) is 6.62. The fourth-order valence-electron chi connectivity index (χ4n) is 1.52. The Kier molecular flexibility index (Phi) is 6.18. The highest BCUT2D eigenvalue weighted by Crippen LogP contribution is 2.34. The molecule has 0 saturated carbocycles. The molecule has 0 spiro atoms. The molecule has 0 saturated heterocycles. The van der Waals surface area contributed by atoms with Crippen molar-refractivity contribution in [2.75, 3.05) is 6.54 Å². The number of hydrogen-bond acceptors (Lipinski definition) is 3. The molecular formula is C11H16BrCl2NO2S2. The standard InChI is InChI=1S/C11H16BrCl2NO2S2/c1-11(2,3)5-7(12)6-15-19(16,17)8-4-9(13)18-10(8)14/h4,7,15H,5-6H2,1-3H3. The molecule has 1 atom stereocenters. The van der Waals surface area contributed by atoms with E-state index < -0.39 is 10.0 Å². The molecule has 1 aromatic heterocycles. The first-order valence-corrected chi connectivity index (χ1v) is 9.57. The van der Waals surface area contributed by atoms with Gasteiger partial charge < -0.3 is 0 Å². The zero-order valence-corrected chi connectivity index (χ0v) is 15.6. The van der Waals surface area contributed by atoms with Gasteiger partial charge in [-0.25, -0.2) is 13.1 Å². The van der Waals surface area contributed by atoms with E-state index in [-0.39, 0.29) is 19.5 Å². The van der Waals surface area contributed by atoms with Crippen LogP contribution in [-0.2, 0) is 10.0 Å². The monoisotopic (exact) mass is 407 g/mol. The van der Waals surface area contributed by atoms with Crippen LogP contribution in [0.4, 0.5) is 0 Å². The molecule has 0 radical (unpaired) electrons. The second-order valence-electron chi connectivity index (χ2n) is 5.40. The third-order valence-electron chi connectivity index (χ3n) is 2.24. The fourth-order valence-corrected chi connectivity index (χ4v) is 6.10. The van der Waals surface area contributed by atoms with Crippen molar-refractivity contribution in [3.05, 3.63) is 14.7 Å². The topological polar surface area (TPSA) is 46.2 Å². The van der Waals surface area contributed by atoms with Crippen LogP contribution >= 0.6 is 50.5 Å². The van der Waals surface area contributed by atoms with E-state index in [1.807, 2.05) is 0 Å². The highest BCUT2D eigenvalue weighted by atomic mass is 79.9. The van der Waals surface area contributed by atoms with Gasteiger partial charge in [-0.3, -0.25) is 0 Å². The molecule has 0 bridgehead atoms. The van der Waals surface area contributed by atoms with Crippen molar-refractivity contribution in [1.29, 1.82) is 0 Å². The van der Waals surface area contributed by atoms with E-state index in [1.54, 1.807) is 0 Å². The Balaban J connectivity index is 2.69. The van der Waals surface area contributed by atoms with Gasteiger partial charge in [-0.1, -0.05) is 59.9 Å². The lowest BCUT2D eigenvalue weighted by Gasteiger charge is -2.22. The SMILES string of the molecule is CC(C)(C)CC(Br)CNS(=O)(=O)c1cc(Cl)sc1Cl. The molecule has 1 heterocycles. The van der Waals surface area contributed by atoms with E-state index in [1.165, 1.54) is 6.07 Å². The molecule has 0 aliphatic carbocycles. The van der Waals surface area contributed by atoms with Crippen molar-refractivity contribution >= 4 is 60.5 Å². The van der Waals surface area contributed by atoms with Crippen LogP contribution in [-0.4, -0.2) is 19.8 Å². The first kappa shape index (κ1) is 17.7. The summed E-state index contributed by atoms with van der Waals surface area (Å²) >= 11 is 16.1. The Hall–Kier alpha value is 0.670. The van der Waals surface area contributed by atoms with Crippen molar-refractivity contribution < 1.29 is 8.42 Å². The summed E-state index contributed by atoms with van der Waals surface area (Å²) < 4.78 is 27.2. The van der Waals surface area contributed by atoms with E-state index in [0.717, 1.165) is 17.8 Å². The van der Waals surface area contributed by atoms with Crippen LogP contribution in [0.2, 0.25) is 8.67 Å². The van der Waals surface area contributed by atoms with E-state index in [9.17, 15) is 8.42 Å². The number of halogens is 3. The summed E-state index contributed by atoms with van der Waals surface area (Å²) in [6, 6.07) is 1.36. The van der Waals surface area contributed by atoms with Crippen molar-refractivity contribution in [1.82, 2.24) is 4.72 Å². The molecule has 0 fully saturated rings. The van der Waals surface area contributed by atoms with Gasteiger partial charge in [0.05, 0.1) is 4.34 Å². The van der Waals surface area contributed by atoms with Crippen LogP contribution in [0, 0.1) is 5.41 Å². The van der Waals surface area contributed by atoms with E-state index >= 15 is 0 Å². The Bertz CT molecular complexity index is 537. The lowest BCUT2D eigenvalue weighted by molar-refractivity contribution is 0.373. The van der Waals surface area contributed by atoms with Gasteiger partial charge >= 0.3 is 0 Å². The maximum absolute atomic E-state index is 12.1. The largest absolute Gasteiger partial charge is 0.242 e. The Morgan fingerprint density at radius 3 is 2.42 bits per heavy atom. The number of hydrogen-bond donors (Lipinski definition) is 1. The molecule has 8 heteroatoms. The minimum absolute atomic E-state index is 0.0413. The van der Waals surface area contributed by atoms with Crippen molar-refractivity contribution in [2.45, 2.75) is 36.9 Å². The molecule has 0 aromatic carbocycles. The molecular weight excluding hydrogens is 393 g/mol. The molecule has 1 rings (SSSR count). The predicted molar refractivity (Wildman–Crippen MR) is 86.3 cm³/mol. The molecule has 110 valence electrons. The van der Waals surface area contributed by atoms with Crippen molar-refractivity contribution in [2.24, 2.45) is 5.41 Å². The summed E-state index contributed by atoms with van der Waals surface area (Å²) in [6.45, 7) is 6.62. The zero-order valence-electron chi connectivity index (χ0n) is 10.8. The van der Waals surface area contributed by atoms with E-state index in [2.05, 4.69) is 41.4 Å². The third-order valence-corrected chi connectivity index (χ3v) is 6.07. The van der Waals surface area contributed by atoms with Crippen LogP contribution in [0.5, 0.6) is 0 Å². The van der Waals surface area contributed by atoms with Crippen LogP contribution in [0.25, 0.3) is 0 Å². The van der Waals surface area contributed by atoms with Gasteiger partial charge in [-0.2, -0.15) is 0 Å². The maximum Gasteiger partial charge on any atom is 0.242 e. The molecule has 1 unspecified atom stereocenters. The second-order valence-corrected chi connectivity index (χ2v) is 10.7. The number of alkyl halides is 1. The summed E-state index contributed by atoms with van der Waals surface area (Å²) in [5.41, 5.74) is 0.128. The van der Waals surface area contributed by atoms with Crippen LogP contribution in [0.15, 0.2) is 11.0 Å². The number of sulfonamides is 1. The predicted octanol–water partition coefficient (Wildman–Crippen LogP) is 4.53. The normalized spacial score (nSPS) is 14.6. The van der Waals surface area contributed by atoms with Gasteiger partial charge in [0.25, 0.3) is 0 Å². The number of thiophene rings is 1. The highest BCUT2D eigenvalue weighted by Gasteiger charge is 2.23.